The van der Waals surface area contributed by atoms with E-state index < -0.39 is 36.3 Å². The highest BCUT2D eigenvalue weighted by atomic mass is 16.9. The molecule has 8 heteroatoms. The highest BCUT2D eigenvalue weighted by Gasteiger charge is 2.45. The van der Waals surface area contributed by atoms with Crippen LogP contribution in [0.2, 0.25) is 0 Å². The van der Waals surface area contributed by atoms with Crippen LogP contribution in [0.1, 0.15) is 33.1 Å². The molecular formula is C12H16O8. The maximum Gasteiger partial charge on any atom is 0.434 e. The third kappa shape index (κ3) is 5.98. The third-order valence-electron chi connectivity index (χ3n) is 1.91. The van der Waals surface area contributed by atoms with Gasteiger partial charge in [0.25, 0.3) is 0 Å². The molecule has 20 heavy (non-hydrogen) atoms. The van der Waals surface area contributed by atoms with Crippen LogP contribution >= 0.6 is 0 Å². The molecule has 0 aliphatic rings. The zero-order valence-electron chi connectivity index (χ0n) is 11.2. The van der Waals surface area contributed by atoms with Crippen molar-refractivity contribution in [2.24, 2.45) is 0 Å². The van der Waals surface area contributed by atoms with Crippen molar-refractivity contribution in [1.82, 2.24) is 0 Å². The number of aliphatic carboxylic acids is 1. The SMILES string of the molecule is C=CC(=O)OC(CC(=O)O)(OC(=O)CC)OC(=O)CC. The molecule has 112 valence electrons. The molecule has 0 saturated heterocycles. The Morgan fingerprint density at radius 1 is 1.05 bits per heavy atom. The molecule has 8 nitrogen and oxygen atoms in total. The molecule has 0 saturated carbocycles. The van der Waals surface area contributed by atoms with Gasteiger partial charge >= 0.3 is 29.9 Å². The normalized spacial score (nSPS) is 10.3. The minimum absolute atomic E-state index is 0.128. The zero-order chi connectivity index (χ0) is 15.8. The van der Waals surface area contributed by atoms with Crippen LogP contribution < -0.4 is 0 Å². The number of carboxylic acid groups (broad SMARTS) is 1. The van der Waals surface area contributed by atoms with E-state index in [2.05, 4.69) is 20.8 Å². The molecule has 0 unspecified atom stereocenters. The van der Waals surface area contributed by atoms with E-state index in [-0.39, 0.29) is 12.8 Å². The molecule has 0 aliphatic heterocycles. The minimum atomic E-state index is -2.63. The van der Waals surface area contributed by atoms with E-state index in [1.54, 1.807) is 0 Å². The van der Waals surface area contributed by atoms with E-state index in [4.69, 9.17) is 5.11 Å². The molecule has 0 aromatic rings. The van der Waals surface area contributed by atoms with E-state index in [1.807, 2.05) is 0 Å². The van der Waals surface area contributed by atoms with Gasteiger partial charge in [0.15, 0.2) is 6.42 Å². The maximum atomic E-state index is 11.3. The van der Waals surface area contributed by atoms with E-state index in [0.29, 0.717) is 0 Å². The number of hydrogen-bond donors (Lipinski definition) is 1. The largest absolute Gasteiger partial charge is 0.481 e. The number of carbonyl (C=O) groups excluding carboxylic acids is 3. The standard InChI is InChI=1S/C12H16O8/c1-4-9(15)18-12(7-8(13)14,19-10(16)5-2)20-11(17)6-3/h4H,1,5-7H2,2-3H3,(H,13,14). The van der Waals surface area contributed by atoms with Gasteiger partial charge in [-0.3, -0.25) is 14.4 Å². The number of carbonyl (C=O) groups is 4. The van der Waals surface area contributed by atoms with Crippen molar-refractivity contribution in [2.75, 3.05) is 0 Å². The lowest BCUT2D eigenvalue weighted by atomic mass is 10.3. The first-order valence-electron chi connectivity index (χ1n) is 5.79. The Morgan fingerprint density at radius 3 is 1.80 bits per heavy atom. The van der Waals surface area contributed by atoms with Crippen LogP contribution in [0, 0.1) is 0 Å². The molecule has 0 spiro atoms. The number of carboxylic acids is 1. The highest BCUT2D eigenvalue weighted by Crippen LogP contribution is 2.23. The summed E-state index contributed by atoms with van der Waals surface area (Å²) in [6.45, 7) is 5.99. The van der Waals surface area contributed by atoms with Crippen molar-refractivity contribution in [2.45, 2.75) is 39.1 Å². The molecule has 0 fully saturated rings. The molecule has 1 N–H and O–H groups in total. The second-order valence-corrected chi connectivity index (χ2v) is 3.53. The van der Waals surface area contributed by atoms with Crippen molar-refractivity contribution < 1.29 is 38.5 Å². The molecule has 0 aromatic heterocycles. The molecule has 0 rings (SSSR count). The second-order valence-electron chi connectivity index (χ2n) is 3.53. The molecule has 0 aliphatic carbocycles. The number of esters is 3. The lowest BCUT2D eigenvalue weighted by molar-refractivity contribution is -0.328. The summed E-state index contributed by atoms with van der Waals surface area (Å²) in [5, 5.41) is 8.81. The number of hydrogen-bond acceptors (Lipinski definition) is 7. The molecule has 0 aromatic carbocycles. The summed E-state index contributed by atoms with van der Waals surface area (Å²) in [6, 6.07) is 0. The number of rotatable bonds is 8. The Bertz CT molecular complexity index is 394. The fourth-order valence-corrected chi connectivity index (χ4v) is 1.04. The van der Waals surface area contributed by atoms with E-state index >= 15 is 0 Å². The van der Waals surface area contributed by atoms with Crippen LogP contribution in [0.25, 0.3) is 0 Å². The second kappa shape index (κ2) is 7.93. The van der Waals surface area contributed by atoms with Crippen molar-refractivity contribution in [3.05, 3.63) is 12.7 Å². The van der Waals surface area contributed by atoms with Gasteiger partial charge in [-0.15, -0.1) is 0 Å². The number of ether oxygens (including phenoxy) is 3. The summed E-state index contributed by atoms with van der Waals surface area (Å²) >= 11 is 0. The van der Waals surface area contributed by atoms with Crippen molar-refractivity contribution in [3.63, 3.8) is 0 Å². The Kier molecular flexibility index (Phi) is 6.98. The minimum Gasteiger partial charge on any atom is -0.481 e. The van der Waals surface area contributed by atoms with Crippen molar-refractivity contribution in [3.8, 4) is 0 Å². The fourth-order valence-electron chi connectivity index (χ4n) is 1.04. The molecular weight excluding hydrogens is 272 g/mol. The summed E-state index contributed by atoms with van der Waals surface area (Å²) in [5.41, 5.74) is 0. The summed E-state index contributed by atoms with van der Waals surface area (Å²) < 4.78 is 14.0. The Balaban J connectivity index is 5.40. The van der Waals surface area contributed by atoms with Crippen molar-refractivity contribution >= 4 is 23.9 Å². The average Bonchev–Trinajstić information content (AvgIpc) is 2.36. The van der Waals surface area contributed by atoms with Gasteiger partial charge in [0, 0.05) is 18.9 Å². The van der Waals surface area contributed by atoms with Crippen LogP contribution in [0.5, 0.6) is 0 Å². The molecule has 0 atom stereocenters. The van der Waals surface area contributed by atoms with Crippen LogP contribution in [0.4, 0.5) is 0 Å². The summed E-state index contributed by atoms with van der Waals surface area (Å²) in [4.78, 5) is 44.7. The van der Waals surface area contributed by atoms with E-state index in [0.717, 1.165) is 6.08 Å². The van der Waals surface area contributed by atoms with Gasteiger partial charge in [0.2, 0.25) is 0 Å². The first-order valence-corrected chi connectivity index (χ1v) is 5.79. The Labute approximate surface area is 115 Å². The average molecular weight is 288 g/mol. The maximum absolute atomic E-state index is 11.3. The summed E-state index contributed by atoms with van der Waals surface area (Å²) in [5.74, 6) is -7.01. The monoisotopic (exact) mass is 288 g/mol. The Morgan fingerprint density at radius 2 is 1.50 bits per heavy atom. The molecule has 0 radical (unpaired) electrons. The predicted molar refractivity (Wildman–Crippen MR) is 64.0 cm³/mol. The van der Waals surface area contributed by atoms with Gasteiger partial charge in [0.1, 0.15) is 0 Å². The van der Waals surface area contributed by atoms with Crippen LogP contribution in [-0.2, 0) is 33.4 Å². The van der Waals surface area contributed by atoms with Gasteiger partial charge in [-0.05, 0) is 0 Å². The van der Waals surface area contributed by atoms with Gasteiger partial charge in [-0.1, -0.05) is 20.4 Å². The highest BCUT2D eigenvalue weighted by molar-refractivity contribution is 5.82. The smallest absolute Gasteiger partial charge is 0.434 e. The summed E-state index contributed by atoms with van der Waals surface area (Å²) in [6.07, 6.45) is -0.576. The third-order valence-corrected chi connectivity index (χ3v) is 1.91. The molecule has 0 amide bonds. The topological polar surface area (TPSA) is 116 Å². The summed E-state index contributed by atoms with van der Waals surface area (Å²) in [7, 11) is 0. The Hall–Kier alpha value is -2.38. The first-order chi connectivity index (χ1) is 9.28. The quantitative estimate of drug-likeness (QED) is 0.395. The van der Waals surface area contributed by atoms with E-state index in [9.17, 15) is 19.2 Å². The van der Waals surface area contributed by atoms with Crippen LogP contribution in [0.15, 0.2) is 12.7 Å². The molecule has 0 heterocycles. The predicted octanol–water partition coefficient (Wildman–Crippen LogP) is 0.750. The van der Waals surface area contributed by atoms with Crippen LogP contribution in [0.3, 0.4) is 0 Å². The van der Waals surface area contributed by atoms with Gasteiger partial charge in [-0.25, -0.2) is 4.79 Å². The lowest BCUT2D eigenvalue weighted by Crippen LogP contribution is -2.45. The molecule has 0 bridgehead atoms. The van der Waals surface area contributed by atoms with Gasteiger partial charge in [-0.2, -0.15) is 0 Å². The fraction of sp³-hybridized carbons (Fsp3) is 0.500. The van der Waals surface area contributed by atoms with Gasteiger partial charge < -0.3 is 19.3 Å². The zero-order valence-corrected chi connectivity index (χ0v) is 11.2. The van der Waals surface area contributed by atoms with E-state index in [1.165, 1.54) is 13.8 Å². The lowest BCUT2D eigenvalue weighted by Gasteiger charge is -2.29. The van der Waals surface area contributed by atoms with Gasteiger partial charge in [0.05, 0.1) is 0 Å². The van der Waals surface area contributed by atoms with Crippen LogP contribution in [-0.4, -0.2) is 35.0 Å². The van der Waals surface area contributed by atoms with Crippen molar-refractivity contribution in [1.29, 1.82) is 0 Å². The first kappa shape index (κ1) is 17.6.